The number of hydrogen-bond donors (Lipinski definition) is 1. The number of ether oxygens (including phenoxy) is 1. The lowest BCUT2D eigenvalue weighted by atomic mass is 10.2. The van der Waals surface area contributed by atoms with E-state index in [0.29, 0.717) is 11.4 Å². The highest BCUT2D eigenvalue weighted by molar-refractivity contribution is 7.92. The van der Waals surface area contributed by atoms with Crippen molar-refractivity contribution in [3.05, 3.63) is 65.7 Å². The Morgan fingerprint density at radius 2 is 1.96 bits per heavy atom. The number of methoxy groups -OCH3 is 1. The van der Waals surface area contributed by atoms with E-state index in [1.165, 1.54) is 19.2 Å². The Labute approximate surface area is 151 Å². The average molecular weight is 378 g/mol. The quantitative estimate of drug-likeness (QED) is 0.736. The minimum Gasteiger partial charge on any atom is -0.494 e. The van der Waals surface area contributed by atoms with Gasteiger partial charge in [-0.15, -0.1) is 0 Å². The van der Waals surface area contributed by atoms with Crippen LogP contribution in [0.15, 0.2) is 59.9 Å². The first-order valence-electron chi connectivity index (χ1n) is 7.37. The first kappa shape index (κ1) is 17.3. The van der Waals surface area contributed by atoms with Gasteiger partial charge < -0.3 is 9.30 Å². The highest BCUT2D eigenvalue weighted by Gasteiger charge is 2.18. The molecular weight excluding hydrogens is 362 g/mol. The Balaban J connectivity index is 1.95. The summed E-state index contributed by atoms with van der Waals surface area (Å²) in [7, 11) is -2.28. The fourth-order valence-corrected chi connectivity index (χ4v) is 3.95. The van der Waals surface area contributed by atoms with Gasteiger partial charge >= 0.3 is 0 Å². The van der Waals surface area contributed by atoms with E-state index in [1.807, 2.05) is 13.1 Å². The molecule has 0 bridgehead atoms. The standard InChI is InChI=1S/C17H16ClN3O3S/c1-12-10-21(11-19-12)15-8-7-13(9-16(15)24-2)20-25(22,23)17-6-4-3-5-14(17)18/h3-11,20H,1-2H3. The largest absolute Gasteiger partial charge is 0.494 e. The van der Waals surface area contributed by atoms with Gasteiger partial charge in [-0.3, -0.25) is 4.72 Å². The van der Waals surface area contributed by atoms with Crippen LogP contribution in [0.25, 0.3) is 5.69 Å². The van der Waals surface area contributed by atoms with Crippen LogP contribution in [0.3, 0.4) is 0 Å². The van der Waals surface area contributed by atoms with Crippen LogP contribution < -0.4 is 9.46 Å². The van der Waals surface area contributed by atoms with Gasteiger partial charge in [0, 0.05) is 12.3 Å². The fraction of sp³-hybridized carbons (Fsp3) is 0.118. The van der Waals surface area contributed by atoms with E-state index in [-0.39, 0.29) is 9.92 Å². The smallest absolute Gasteiger partial charge is 0.263 e. The summed E-state index contributed by atoms with van der Waals surface area (Å²) < 4.78 is 34.8. The Hall–Kier alpha value is -2.51. The molecule has 0 aliphatic rings. The molecular formula is C17H16ClN3O3S. The van der Waals surface area contributed by atoms with E-state index in [9.17, 15) is 8.42 Å². The molecule has 0 saturated heterocycles. The van der Waals surface area contributed by atoms with E-state index < -0.39 is 10.0 Å². The molecule has 1 N–H and O–H groups in total. The number of nitrogens with zero attached hydrogens (tertiary/aromatic N) is 2. The molecule has 0 fully saturated rings. The molecule has 0 aliphatic heterocycles. The number of benzene rings is 2. The molecule has 0 saturated carbocycles. The number of imidazole rings is 1. The number of nitrogens with one attached hydrogen (secondary N) is 1. The van der Waals surface area contributed by atoms with Gasteiger partial charge in [0.25, 0.3) is 10.0 Å². The molecule has 3 aromatic rings. The Kier molecular flexibility index (Phi) is 4.69. The van der Waals surface area contributed by atoms with Gasteiger partial charge in [0.1, 0.15) is 10.6 Å². The monoisotopic (exact) mass is 377 g/mol. The maximum absolute atomic E-state index is 12.5. The summed E-state index contributed by atoms with van der Waals surface area (Å²) in [5, 5.41) is 0.160. The summed E-state index contributed by atoms with van der Waals surface area (Å²) in [6, 6.07) is 11.3. The maximum Gasteiger partial charge on any atom is 0.263 e. The molecule has 0 atom stereocenters. The Morgan fingerprint density at radius 3 is 2.60 bits per heavy atom. The van der Waals surface area contributed by atoms with Crippen LogP contribution in [0.2, 0.25) is 5.02 Å². The van der Waals surface area contributed by atoms with Crippen LogP contribution >= 0.6 is 11.6 Å². The number of halogens is 1. The predicted molar refractivity (Wildman–Crippen MR) is 97.1 cm³/mol. The minimum atomic E-state index is -3.80. The number of aryl methyl sites for hydroxylation is 1. The van der Waals surface area contributed by atoms with E-state index >= 15 is 0 Å². The second-order valence-corrected chi connectivity index (χ2v) is 7.40. The molecule has 2 aromatic carbocycles. The summed E-state index contributed by atoms with van der Waals surface area (Å²) in [6.45, 7) is 1.88. The summed E-state index contributed by atoms with van der Waals surface area (Å²) in [4.78, 5) is 4.20. The van der Waals surface area contributed by atoms with Crippen molar-refractivity contribution in [2.45, 2.75) is 11.8 Å². The third-order valence-electron chi connectivity index (χ3n) is 3.55. The number of rotatable bonds is 5. The predicted octanol–water partition coefficient (Wildman–Crippen LogP) is 3.64. The second-order valence-electron chi connectivity index (χ2n) is 5.34. The van der Waals surface area contributed by atoms with Crippen molar-refractivity contribution in [1.82, 2.24) is 9.55 Å². The number of aromatic nitrogens is 2. The number of hydrogen-bond acceptors (Lipinski definition) is 4. The van der Waals surface area contributed by atoms with Crippen LogP contribution in [0.1, 0.15) is 5.69 Å². The lowest BCUT2D eigenvalue weighted by Crippen LogP contribution is -2.13. The molecule has 0 amide bonds. The van der Waals surface area contributed by atoms with Gasteiger partial charge in [-0.25, -0.2) is 13.4 Å². The summed E-state index contributed by atoms with van der Waals surface area (Å²) in [5.41, 5.74) is 1.99. The highest BCUT2D eigenvalue weighted by atomic mass is 35.5. The zero-order chi connectivity index (χ0) is 18.0. The third-order valence-corrected chi connectivity index (χ3v) is 5.43. The molecule has 1 heterocycles. The molecule has 0 radical (unpaired) electrons. The van der Waals surface area contributed by atoms with E-state index in [2.05, 4.69) is 9.71 Å². The van der Waals surface area contributed by atoms with Crippen LogP contribution in [0, 0.1) is 6.92 Å². The van der Waals surface area contributed by atoms with Crippen molar-refractivity contribution in [3.63, 3.8) is 0 Å². The first-order chi connectivity index (χ1) is 11.9. The Morgan fingerprint density at radius 1 is 1.20 bits per heavy atom. The molecule has 3 rings (SSSR count). The summed E-state index contributed by atoms with van der Waals surface area (Å²) in [6.07, 6.45) is 3.52. The van der Waals surface area contributed by atoms with Gasteiger partial charge in [-0.2, -0.15) is 0 Å². The highest BCUT2D eigenvalue weighted by Crippen LogP contribution is 2.29. The van der Waals surface area contributed by atoms with Gasteiger partial charge in [-0.05, 0) is 31.2 Å². The molecule has 0 spiro atoms. The van der Waals surface area contributed by atoms with Gasteiger partial charge in [-0.1, -0.05) is 23.7 Å². The molecule has 0 aliphatic carbocycles. The molecule has 25 heavy (non-hydrogen) atoms. The fourth-order valence-electron chi connectivity index (χ4n) is 2.38. The van der Waals surface area contributed by atoms with Crippen molar-refractivity contribution >= 4 is 27.3 Å². The second kappa shape index (κ2) is 6.78. The van der Waals surface area contributed by atoms with E-state index in [0.717, 1.165) is 11.4 Å². The van der Waals surface area contributed by atoms with Crippen LogP contribution in [0.5, 0.6) is 5.75 Å². The summed E-state index contributed by atoms with van der Waals surface area (Å²) in [5.74, 6) is 0.511. The molecule has 0 unspecified atom stereocenters. The summed E-state index contributed by atoms with van der Waals surface area (Å²) >= 11 is 5.99. The minimum absolute atomic E-state index is 0.0185. The van der Waals surface area contributed by atoms with Crippen LogP contribution in [0.4, 0.5) is 5.69 Å². The van der Waals surface area contributed by atoms with E-state index in [1.54, 1.807) is 41.2 Å². The van der Waals surface area contributed by atoms with Gasteiger partial charge in [0.15, 0.2) is 0 Å². The number of anilines is 1. The van der Waals surface area contributed by atoms with Gasteiger partial charge in [0.2, 0.25) is 0 Å². The lowest BCUT2D eigenvalue weighted by Gasteiger charge is -2.13. The number of sulfonamides is 1. The zero-order valence-corrected chi connectivity index (χ0v) is 15.2. The zero-order valence-electron chi connectivity index (χ0n) is 13.6. The molecule has 130 valence electrons. The molecule has 6 nitrogen and oxygen atoms in total. The topological polar surface area (TPSA) is 73.2 Å². The van der Waals surface area contributed by atoms with Crippen LogP contribution in [-0.4, -0.2) is 25.1 Å². The normalized spacial score (nSPS) is 11.3. The van der Waals surface area contributed by atoms with Gasteiger partial charge in [0.05, 0.1) is 35.5 Å². The molecule has 8 heteroatoms. The first-order valence-corrected chi connectivity index (χ1v) is 9.23. The van der Waals surface area contributed by atoms with Crippen molar-refractivity contribution in [1.29, 1.82) is 0 Å². The average Bonchev–Trinajstić information content (AvgIpc) is 3.01. The van der Waals surface area contributed by atoms with Crippen molar-refractivity contribution in [2.24, 2.45) is 0 Å². The third kappa shape index (κ3) is 3.62. The van der Waals surface area contributed by atoms with E-state index in [4.69, 9.17) is 16.3 Å². The van der Waals surface area contributed by atoms with Crippen molar-refractivity contribution in [2.75, 3.05) is 11.8 Å². The van der Waals surface area contributed by atoms with Crippen molar-refractivity contribution in [3.8, 4) is 11.4 Å². The van der Waals surface area contributed by atoms with Crippen LogP contribution in [-0.2, 0) is 10.0 Å². The molecule has 1 aromatic heterocycles. The lowest BCUT2D eigenvalue weighted by molar-refractivity contribution is 0.413. The SMILES string of the molecule is COc1cc(NS(=O)(=O)c2ccccc2Cl)ccc1-n1cnc(C)c1. The Bertz CT molecular complexity index is 1020. The maximum atomic E-state index is 12.5. The van der Waals surface area contributed by atoms with Crippen molar-refractivity contribution < 1.29 is 13.2 Å².